The average molecular weight is 304 g/mol. The third kappa shape index (κ3) is 2.36. The molecule has 23 heavy (non-hydrogen) atoms. The first kappa shape index (κ1) is 13.3. The van der Waals surface area contributed by atoms with Crippen LogP contribution in [-0.4, -0.2) is 14.5 Å². The number of nitrogens with zero attached hydrogens (tertiary/aromatic N) is 4. The maximum Gasteiger partial charge on any atom is 0.190 e. The van der Waals surface area contributed by atoms with Gasteiger partial charge in [-0.3, -0.25) is 4.40 Å². The molecule has 3 heterocycles. The number of aromatic hydroxyl groups is 1. The summed E-state index contributed by atoms with van der Waals surface area (Å²) in [5, 5.41) is 18.6. The van der Waals surface area contributed by atoms with Crippen molar-refractivity contribution in [1.29, 1.82) is 0 Å². The van der Waals surface area contributed by atoms with E-state index >= 15 is 0 Å². The molecule has 1 N–H and O–H groups in total. The van der Waals surface area contributed by atoms with Crippen LogP contribution in [0.3, 0.4) is 0 Å². The summed E-state index contributed by atoms with van der Waals surface area (Å²) in [5.74, 6) is 1.13. The number of hydrogen-bond donors (Lipinski definition) is 1. The summed E-state index contributed by atoms with van der Waals surface area (Å²) < 4.78 is 7.10. The minimum Gasteiger partial charge on any atom is -0.504 e. The number of imidazole rings is 1. The van der Waals surface area contributed by atoms with Gasteiger partial charge in [0, 0.05) is 6.20 Å². The summed E-state index contributed by atoms with van der Waals surface area (Å²) in [6.45, 7) is 0. The van der Waals surface area contributed by atoms with Gasteiger partial charge in [-0.05, 0) is 36.4 Å². The zero-order valence-corrected chi connectivity index (χ0v) is 12.0. The Bertz CT molecular complexity index is 973. The van der Waals surface area contributed by atoms with Crippen LogP contribution in [0.25, 0.3) is 17.1 Å². The first-order chi connectivity index (χ1) is 11.3. The Hall–Kier alpha value is -3.41. The van der Waals surface area contributed by atoms with Gasteiger partial charge in [-0.15, -0.1) is 10.2 Å². The van der Waals surface area contributed by atoms with E-state index in [1.165, 1.54) is 0 Å². The molecule has 0 bridgehead atoms. The van der Waals surface area contributed by atoms with Gasteiger partial charge in [0.1, 0.15) is 0 Å². The molecule has 0 aliphatic carbocycles. The van der Waals surface area contributed by atoms with Crippen LogP contribution in [0, 0.1) is 0 Å². The maximum atomic E-state index is 10.0. The lowest BCUT2D eigenvalue weighted by Gasteiger charge is -1.98. The number of azo groups is 1. The number of hydrogen-bond acceptors (Lipinski definition) is 5. The van der Waals surface area contributed by atoms with E-state index < -0.39 is 0 Å². The molecule has 4 aromatic rings. The molecule has 6 nitrogen and oxygen atoms in total. The van der Waals surface area contributed by atoms with Crippen LogP contribution in [0.15, 0.2) is 81.7 Å². The second-order valence-electron chi connectivity index (χ2n) is 4.88. The Kier molecular flexibility index (Phi) is 3.12. The van der Waals surface area contributed by atoms with Crippen molar-refractivity contribution >= 4 is 17.2 Å². The molecule has 112 valence electrons. The molecule has 0 spiro atoms. The molecule has 0 aliphatic heterocycles. The highest BCUT2D eigenvalue weighted by atomic mass is 16.3. The molecule has 1 aromatic carbocycles. The molecular formula is C17H12N4O2. The topological polar surface area (TPSA) is 75.4 Å². The van der Waals surface area contributed by atoms with E-state index in [4.69, 9.17) is 4.42 Å². The number of furan rings is 1. The maximum absolute atomic E-state index is 10.0. The Balaban J connectivity index is 1.91. The predicted molar refractivity (Wildman–Crippen MR) is 85.2 cm³/mol. The summed E-state index contributed by atoms with van der Waals surface area (Å²) in [4.78, 5) is 4.43. The fourth-order valence-corrected chi connectivity index (χ4v) is 2.31. The van der Waals surface area contributed by atoms with Gasteiger partial charge in [0.25, 0.3) is 0 Å². The van der Waals surface area contributed by atoms with Crippen LogP contribution >= 0.6 is 0 Å². The molecule has 0 saturated heterocycles. The highest BCUT2D eigenvalue weighted by Crippen LogP contribution is 2.34. The molecular weight excluding hydrogens is 292 g/mol. The lowest BCUT2D eigenvalue weighted by molar-refractivity contribution is 0.477. The van der Waals surface area contributed by atoms with Gasteiger partial charge in [0.15, 0.2) is 28.7 Å². The van der Waals surface area contributed by atoms with Crippen molar-refractivity contribution in [1.82, 2.24) is 9.38 Å². The van der Waals surface area contributed by atoms with Gasteiger partial charge in [-0.25, -0.2) is 4.98 Å². The van der Waals surface area contributed by atoms with Crippen molar-refractivity contribution in [2.24, 2.45) is 10.2 Å². The van der Waals surface area contributed by atoms with Crippen LogP contribution in [0.1, 0.15) is 0 Å². The highest BCUT2D eigenvalue weighted by Gasteiger charge is 2.17. The molecule has 0 atom stereocenters. The summed E-state index contributed by atoms with van der Waals surface area (Å²) in [5.41, 5.74) is 1.66. The van der Waals surface area contributed by atoms with Gasteiger partial charge in [0.05, 0.1) is 12.0 Å². The monoisotopic (exact) mass is 304 g/mol. The Morgan fingerprint density at radius 3 is 2.61 bits per heavy atom. The number of fused-ring (bicyclic) bond motifs is 1. The Morgan fingerprint density at radius 2 is 1.83 bits per heavy atom. The number of aromatic nitrogens is 2. The van der Waals surface area contributed by atoms with Crippen molar-refractivity contribution < 1.29 is 9.52 Å². The fourth-order valence-electron chi connectivity index (χ4n) is 2.31. The zero-order chi connectivity index (χ0) is 15.6. The van der Waals surface area contributed by atoms with Crippen LogP contribution in [0.4, 0.5) is 11.5 Å². The van der Waals surface area contributed by atoms with Crippen LogP contribution in [0.2, 0.25) is 0 Å². The van der Waals surface area contributed by atoms with E-state index in [1.54, 1.807) is 41.1 Å². The molecule has 6 heteroatoms. The van der Waals surface area contributed by atoms with E-state index in [1.807, 2.05) is 30.3 Å². The average Bonchev–Trinajstić information content (AvgIpc) is 3.22. The van der Waals surface area contributed by atoms with E-state index in [2.05, 4.69) is 15.2 Å². The van der Waals surface area contributed by atoms with E-state index in [-0.39, 0.29) is 5.75 Å². The molecule has 3 aromatic heterocycles. The largest absolute Gasteiger partial charge is 0.504 e. The van der Waals surface area contributed by atoms with Crippen LogP contribution in [0.5, 0.6) is 5.75 Å². The van der Waals surface area contributed by atoms with Crippen molar-refractivity contribution in [3.05, 3.63) is 67.1 Å². The first-order valence-electron chi connectivity index (χ1n) is 7.03. The first-order valence-corrected chi connectivity index (χ1v) is 7.03. The lowest BCUT2D eigenvalue weighted by atomic mass is 10.3. The van der Waals surface area contributed by atoms with Gasteiger partial charge in [-0.1, -0.05) is 18.2 Å². The molecule has 0 amide bonds. The van der Waals surface area contributed by atoms with Gasteiger partial charge in [-0.2, -0.15) is 0 Å². The quantitative estimate of drug-likeness (QED) is 0.557. The van der Waals surface area contributed by atoms with Gasteiger partial charge < -0.3 is 9.52 Å². The van der Waals surface area contributed by atoms with Gasteiger partial charge >= 0.3 is 0 Å². The van der Waals surface area contributed by atoms with Crippen LogP contribution in [-0.2, 0) is 0 Å². The number of pyridine rings is 1. The van der Waals surface area contributed by atoms with E-state index in [9.17, 15) is 5.11 Å². The molecule has 0 unspecified atom stereocenters. The van der Waals surface area contributed by atoms with Crippen molar-refractivity contribution in [3.63, 3.8) is 0 Å². The molecule has 0 radical (unpaired) electrons. The van der Waals surface area contributed by atoms with Crippen molar-refractivity contribution in [2.75, 3.05) is 0 Å². The third-order valence-corrected chi connectivity index (χ3v) is 3.38. The third-order valence-electron chi connectivity index (χ3n) is 3.38. The molecule has 0 aliphatic rings. The standard InChI is InChI=1S/C17H12N4O2/c22-13-8-4-10-21-16(13)18-15(14-9-5-11-23-14)17(21)20-19-12-6-2-1-3-7-12/h1-11,22H. The minimum atomic E-state index is 0.0708. The van der Waals surface area contributed by atoms with Crippen molar-refractivity contribution in [2.45, 2.75) is 0 Å². The van der Waals surface area contributed by atoms with E-state index in [0.29, 0.717) is 22.9 Å². The number of rotatable bonds is 3. The van der Waals surface area contributed by atoms with E-state index in [0.717, 1.165) is 5.69 Å². The summed E-state index contributed by atoms with van der Waals surface area (Å²) in [6, 6.07) is 16.3. The zero-order valence-electron chi connectivity index (χ0n) is 12.0. The smallest absolute Gasteiger partial charge is 0.190 e. The lowest BCUT2D eigenvalue weighted by Crippen LogP contribution is -1.82. The molecule has 0 fully saturated rings. The highest BCUT2D eigenvalue weighted by molar-refractivity contribution is 5.73. The summed E-state index contributed by atoms with van der Waals surface area (Å²) in [7, 11) is 0. The Labute approximate surface area is 131 Å². The van der Waals surface area contributed by atoms with Crippen LogP contribution < -0.4 is 0 Å². The summed E-state index contributed by atoms with van der Waals surface area (Å²) >= 11 is 0. The second kappa shape index (κ2) is 5.42. The normalized spacial score (nSPS) is 11.5. The van der Waals surface area contributed by atoms with Crippen molar-refractivity contribution in [3.8, 4) is 17.2 Å². The van der Waals surface area contributed by atoms with Gasteiger partial charge in [0.2, 0.25) is 0 Å². The summed E-state index contributed by atoms with van der Waals surface area (Å²) in [6.07, 6.45) is 3.34. The SMILES string of the molecule is Oc1cccn2c(N=Nc3ccccc3)c(-c3ccco3)nc12. The Morgan fingerprint density at radius 1 is 0.957 bits per heavy atom. The number of benzene rings is 1. The second-order valence-corrected chi connectivity index (χ2v) is 4.88. The molecule has 4 rings (SSSR count). The predicted octanol–water partition coefficient (Wildman–Crippen LogP) is 4.72. The minimum absolute atomic E-state index is 0.0708. The molecule has 0 saturated carbocycles. The fraction of sp³-hybridized carbons (Fsp3) is 0.